The van der Waals surface area contributed by atoms with Crippen LogP contribution in [0.1, 0.15) is 39.5 Å². The van der Waals surface area contributed by atoms with E-state index in [0.717, 1.165) is 0 Å². The lowest BCUT2D eigenvalue weighted by Gasteiger charge is -1.86. The lowest BCUT2D eigenvalue weighted by Crippen LogP contribution is -1.66. The number of carbonyl (C=O) groups is 1. The van der Waals surface area contributed by atoms with E-state index < -0.39 is 5.43 Å². The second kappa shape index (κ2) is 11.5. The molecule has 0 saturated carbocycles. The van der Waals surface area contributed by atoms with Gasteiger partial charge in [0.2, 0.25) is 0 Å². The van der Waals surface area contributed by atoms with Crippen molar-refractivity contribution in [1.82, 2.24) is 0 Å². The zero-order valence-corrected chi connectivity index (χ0v) is 7.32. The van der Waals surface area contributed by atoms with Crippen LogP contribution >= 0.6 is 11.6 Å². The third-order valence-electron chi connectivity index (χ3n) is 0.957. The minimum atomic E-state index is -1.36. The summed E-state index contributed by atoms with van der Waals surface area (Å²) in [6.07, 6.45) is 5.54. The van der Waals surface area contributed by atoms with E-state index in [2.05, 4.69) is 25.4 Å². The van der Waals surface area contributed by atoms with Crippen LogP contribution in [0.4, 0.5) is 4.79 Å². The SMILES string of the molecule is CCCCCC.O=C(O)Cl. The number of carboxylic acid groups (broad SMARTS) is 1. The predicted octanol–water partition coefficient (Wildman–Crippen LogP) is 3.49. The lowest BCUT2D eigenvalue weighted by atomic mass is 10.2. The molecule has 0 atom stereocenters. The summed E-state index contributed by atoms with van der Waals surface area (Å²) in [5.74, 6) is 0. The maximum atomic E-state index is 8.77. The molecular formula is C7H15ClO2. The molecule has 0 aliphatic carbocycles. The highest BCUT2D eigenvalue weighted by molar-refractivity contribution is 6.60. The Balaban J connectivity index is 0. The van der Waals surface area contributed by atoms with Gasteiger partial charge in [0.05, 0.1) is 0 Å². The average molecular weight is 167 g/mol. The molecule has 1 N–H and O–H groups in total. The van der Waals surface area contributed by atoms with E-state index in [1.165, 1.54) is 25.7 Å². The molecule has 0 aromatic rings. The monoisotopic (exact) mass is 166 g/mol. The maximum Gasteiger partial charge on any atom is 0.401 e. The number of halogens is 1. The van der Waals surface area contributed by atoms with E-state index in [1.807, 2.05) is 0 Å². The number of hydrogen-bond donors (Lipinski definition) is 1. The van der Waals surface area contributed by atoms with Crippen molar-refractivity contribution in [2.75, 3.05) is 0 Å². The lowest BCUT2D eigenvalue weighted by molar-refractivity contribution is 0.220. The second-order valence-corrected chi connectivity index (χ2v) is 2.28. The molecule has 0 aliphatic rings. The Morgan fingerprint density at radius 1 is 1.30 bits per heavy atom. The zero-order chi connectivity index (χ0) is 8.41. The van der Waals surface area contributed by atoms with Gasteiger partial charge in [-0.15, -0.1) is 0 Å². The van der Waals surface area contributed by atoms with E-state index in [4.69, 9.17) is 9.90 Å². The zero-order valence-electron chi connectivity index (χ0n) is 6.56. The molecule has 0 spiro atoms. The van der Waals surface area contributed by atoms with Gasteiger partial charge >= 0.3 is 5.43 Å². The van der Waals surface area contributed by atoms with Crippen LogP contribution in [0.15, 0.2) is 0 Å². The first kappa shape index (κ1) is 12.4. The highest BCUT2D eigenvalue weighted by Crippen LogP contribution is 1.95. The topological polar surface area (TPSA) is 37.3 Å². The minimum Gasteiger partial charge on any atom is -0.469 e. The van der Waals surface area contributed by atoms with Crippen LogP contribution in [0.5, 0.6) is 0 Å². The first-order chi connectivity index (χ1) is 4.65. The Bertz CT molecular complexity index is 66.0. The summed E-state index contributed by atoms with van der Waals surface area (Å²) in [7, 11) is 0. The van der Waals surface area contributed by atoms with Crippen LogP contribution < -0.4 is 0 Å². The van der Waals surface area contributed by atoms with Gasteiger partial charge in [0, 0.05) is 11.6 Å². The smallest absolute Gasteiger partial charge is 0.401 e. The highest BCUT2D eigenvalue weighted by atomic mass is 35.5. The number of hydrogen-bond acceptors (Lipinski definition) is 1. The molecule has 0 aromatic carbocycles. The number of unbranched alkanes of at least 4 members (excludes halogenated alkanes) is 3. The normalized spacial score (nSPS) is 7.90. The van der Waals surface area contributed by atoms with Crippen molar-refractivity contribution in [1.29, 1.82) is 0 Å². The summed E-state index contributed by atoms with van der Waals surface area (Å²) in [5, 5.41) is 7.18. The van der Waals surface area contributed by atoms with Crippen LogP contribution in [-0.2, 0) is 0 Å². The summed E-state index contributed by atoms with van der Waals surface area (Å²) in [5.41, 5.74) is -1.36. The first-order valence-corrected chi connectivity index (χ1v) is 3.91. The van der Waals surface area contributed by atoms with Gasteiger partial charge in [-0.3, -0.25) is 0 Å². The standard InChI is InChI=1S/C6H14.CHClO2/c1-3-5-6-4-2;2-1(3)4/h3-6H2,1-2H3;(H,3,4). The van der Waals surface area contributed by atoms with Gasteiger partial charge in [-0.05, 0) is 0 Å². The van der Waals surface area contributed by atoms with Crippen molar-refractivity contribution in [2.24, 2.45) is 0 Å². The molecule has 0 unspecified atom stereocenters. The van der Waals surface area contributed by atoms with E-state index in [9.17, 15) is 0 Å². The van der Waals surface area contributed by atoms with E-state index in [1.54, 1.807) is 0 Å². The molecular weight excluding hydrogens is 152 g/mol. The molecule has 0 amide bonds. The van der Waals surface area contributed by atoms with Gasteiger partial charge in [-0.25, -0.2) is 4.79 Å². The molecule has 0 saturated heterocycles. The van der Waals surface area contributed by atoms with Crippen molar-refractivity contribution in [2.45, 2.75) is 39.5 Å². The Kier molecular flexibility index (Phi) is 14.4. The molecule has 3 heteroatoms. The highest BCUT2D eigenvalue weighted by Gasteiger charge is 1.75. The Morgan fingerprint density at radius 3 is 1.60 bits per heavy atom. The average Bonchev–Trinajstić information content (AvgIpc) is 1.82. The van der Waals surface area contributed by atoms with Gasteiger partial charge in [0.15, 0.2) is 0 Å². The molecule has 0 heterocycles. The predicted molar refractivity (Wildman–Crippen MR) is 43.7 cm³/mol. The molecule has 0 fully saturated rings. The third-order valence-corrected chi connectivity index (χ3v) is 0.957. The Hall–Kier alpha value is -0.240. The fourth-order valence-corrected chi connectivity index (χ4v) is 0.500. The molecule has 0 radical (unpaired) electrons. The summed E-state index contributed by atoms with van der Waals surface area (Å²) >= 11 is 4.19. The van der Waals surface area contributed by atoms with E-state index in [-0.39, 0.29) is 0 Å². The van der Waals surface area contributed by atoms with Gasteiger partial charge in [-0.1, -0.05) is 39.5 Å². The molecule has 62 valence electrons. The van der Waals surface area contributed by atoms with Gasteiger partial charge in [-0.2, -0.15) is 0 Å². The minimum absolute atomic E-state index is 1.36. The summed E-state index contributed by atoms with van der Waals surface area (Å²) in [4.78, 5) is 8.77. The molecule has 0 aromatic heterocycles. The third kappa shape index (κ3) is 46.6. The molecule has 10 heavy (non-hydrogen) atoms. The molecule has 0 rings (SSSR count). The Labute approximate surface area is 67.2 Å². The Morgan fingerprint density at radius 2 is 1.50 bits per heavy atom. The van der Waals surface area contributed by atoms with E-state index >= 15 is 0 Å². The van der Waals surface area contributed by atoms with Crippen molar-refractivity contribution in [3.8, 4) is 0 Å². The van der Waals surface area contributed by atoms with Crippen LogP contribution in [0.3, 0.4) is 0 Å². The van der Waals surface area contributed by atoms with Crippen LogP contribution in [0, 0.1) is 0 Å². The largest absolute Gasteiger partial charge is 0.469 e. The van der Waals surface area contributed by atoms with Gasteiger partial charge < -0.3 is 5.11 Å². The van der Waals surface area contributed by atoms with Gasteiger partial charge in [0.25, 0.3) is 0 Å². The van der Waals surface area contributed by atoms with Crippen LogP contribution in [-0.4, -0.2) is 10.5 Å². The van der Waals surface area contributed by atoms with Crippen molar-refractivity contribution >= 4 is 17.0 Å². The summed E-state index contributed by atoms with van der Waals surface area (Å²) < 4.78 is 0. The van der Waals surface area contributed by atoms with Crippen LogP contribution in [0.2, 0.25) is 0 Å². The maximum absolute atomic E-state index is 8.77. The van der Waals surface area contributed by atoms with E-state index in [0.29, 0.717) is 0 Å². The fraction of sp³-hybridized carbons (Fsp3) is 0.857. The number of rotatable bonds is 3. The second-order valence-electron chi connectivity index (χ2n) is 1.96. The quantitative estimate of drug-likeness (QED) is 0.515. The molecule has 0 bridgehead atoms. The first-order valence-electron chi connectivity index (χ1n) is 3.53. The molecule has 0 aliphatic heterocycles. The summed E-state index contributed by atoms with van der Waals surface area (Å²) in [6, 6.07) is 0. The van der Waals surface area contributed by atoms with Crippen molar-refractivity contribution < 1.29 is 9.90 Å². The molecule has 2 nitrogen and oxygen atoms in total. The summed E-state index contributed by atoms with van der Waals surface area (Å²) in [6.45, 7) is 4.46. The van der Waals surface area contributed by atoms with Gasteiger partial charge in [0.1, 0.15) is 0 Å². The van der Waals surface area contributed by atoms with Crippen molar-refractivity contribution in [3.63, 3.8) is 0 Å². The fourth-order valence-electron chi connectivity index (χ4n) is 0.500. The van der Waals surface area contributed by atoms with Crippen molar-refractivity contribution in [3.05, 3.63) is 0 Å². The van der Waals surface area contributed by atoms with Crippen LogP contribution in [0.25, 0.3) is 0 Å².